The second kappa shape index (κ2) is 5.81. The molecule has 0 spiro atoms. The van der Waals surface area contributed by atoms with Gasteiger partial charge in [-0.05, 0) is 52.2 Å². The summed E-state index contributed by atoms with van der Waals surface area (Å²) in [5.74, 6) is 0. The summed E-state index contributed by atoms with van der Waals surface area (Å²) < 4.78 is 27.5. The Morgan fingerprint density at radius 1 is 1.32 bits per heavy atom. The Labute approximate surface area is 121 Å². The predicted octanol–water partition coefficient (Wildman–Crippen LogP) is 2.63. The standard InChI is InChI=1S/C13H13BrN2O2S/c1-10-4-5-13(12(14)7-10)19(17,18)16-9-11-3-2-6-15-8-11/h2-8,16H,9H2,1H3. The zero-order chi connectivity index (χ0) is 13.9. The molecule has 0 aliphatic heterocycles. The normalized spacial score (nSPS) is 11.5. The van der Waals surface area contributed by atoms with Crippen molar-refractivity contribution >= 4 is 26.0 Å². The summed E-state index contributed by atoms with van der Waals surface area (Å²) in [4.78, 5) is 4.18. The highest BCUT2D eigenvalue weighted by molar-refractivity contribution is 9.10. The lowest BCUT2D eigenvalue weighted by atomic mass is 10.2. The number of aryl methyl sites for hydroxylation is 1. The van der Waals surface area contributed by atoms with Crippen molar-refractivity contribution in [3.05, 3.63) is 58.3 Å². The highest BCUT2D eigenvalue weighted by Gasteiger charge is 2.17. The van der Waals surface area contributed by atoms with Crippen molar-refractivity contribution in [3.63, 3.8) is 0 Å². The second-order valence-corrected chi connectivity index (χ2v) is 6.71. The summed E-state index contributed by atoms with van der Waals surface area (Å²) in [6.07, 6.45) is 3.28. The molecule has 0 aliphatic carbocycles. The largest absolute Gasteiger partial charge is 0.264 e. The van der Waals surface area contributed by atoms with E-state index in [0.717, 1.165) is 11.1 Å². The molecule has 1 aromatic carbocycles. The first-order valence-electron chi connectivity index (χ1n) is 5.64. The van der Waals surface area contributed by atoms with Crippen LogP contribution in [0.3, 0.4) is 0 Å². The Hall–Kier alpha value is -1.24. The fourth-order valence-electron chi connectivity index (χ4n) is 1.58. The number of hydrogen-bond acceptors (Lipinski definition) is 3. The van der Waals surface area contributed by atoms with Crippen LogP contribution in [0.5, 0.6) is 0 Å². The molecular weight excluding hydrogens is 328 g/mol. The Morgan fingerprint density at radius 2 is 2.11 bits per heavy atom. The van der Waals surface area contributed by atoms with E-state index in [9.17, 15) is 8.42 Å². The van der Waals surface area contributed by atoms with Crippen molar-refractivity contribution in [1.29, 1.82) is 0 Å². The third kappa shape index (κ3) is 3.62. The molecule has 100 valence electrons. The molecule has 0 amide bonds. The van der Waals surface area contributed by atoms with Crippen LogP contribution >= 0.6 is 15.9 Å². The van der Waals surface area contributed by atoms with Crippen LogP contribution in [0.4, 0.5) is 0 Å². The van der Waals surface area contributed by atoms with Crippen LogP contribution in [-0.4, -0.2) is 13.4 Å². The minimum atomic E-state index is -3.53. The van der Waals surface area contributed by atoms with E-state index < -0.39 is 10.0 Å². The van der Waals surface area contributed by atoms with Gasteiger partial charge in [-0.3, -0.25) is 4.98 Å². The second-order valence-electron chi connectivity index (χ2n) is 4.12. The van der Waals surface area contributed by atoms with E-state index in [1.54, 1.807) is 36.7 Å². The average molecular weight is 341 g/mol. The SMILES string of the molecule is Cc1ccc(S(=O)(=O)NCc2cccnc2)c(Br)c1. The van der Waals surface area contributed by atoms with Crippen molar-refractivity contribution in [2.75, 3.05) is 0 Å². The van der Waals surface area contributed by atoms with Crippen LogP contribution in [0.1, 0.15) is 11.1 Å². The van der Waals surface area contributed by atoms with Gasteiger partial charge in [-0.2, -0.15) is 0 Å². The Morgan fingerprint density at radius 3 is 2.74 bits per heavy atom. The van der Waals surface area contributed by atoms with E-state index in [4.69, 9.17) is 0 Å². The molecule has 0 aliphatic rings. The summed E-state index contributed by atoms with van der Waals surface area (Å²) in [7, 11) is -3.53. The lowest BCUT2D eigenvalue weighted by Gasteiger charge is -2.09. The zero-order valence-electron chi connectivity index (χ0n) is 10.3. The van der Waals surface area contributed by atoms with Crippen LogP contribution in [-0.2, 0) is 16.6 Å². The van der Waals surface area contributed by atoms with E-state index >= 15 is 0 Å². The number of nitrogens with one attached hydrogen (secondary N) is 1. The highest BCUT2D eigenvalue weighted by Crippen LogP contribution is 2.22. The Balaban J connectivity index is 2.19. The fraction of sp³-hybridized carbons (Fsp3) is 0.154. The van der Waals surface area contributed by atoms with E-state index in [-0.39, 0.29) is 11.4 Å². The molecule has 6 heteroatoms. The molecule has 0 radical (unpaired) electrons. The van der Waals surface area contributed by atoms with Gasteiger partial charge in [0.15, 0.2) is 0 Å². The maximum absolute atomic E-state index is 12.2. The van der Waals surface area contributed by atoms with Crippen LogP contribution in [0.2, 0.25) is 0 Å². The van der Waals surface area contributed by atoms with Gasteiger partial charge in [-0.25, -0.2) is 13.1 Å². The van der Waals surface area contributed by atoms with Gasteiger partial charge < -0.3 is 0 Å². The summed E-state index contributed by atoms with van der Waals surface area (Å²) in [6.45, 7) is 2.13. The first kappa shape index (κ1) is 14.2. The zero-order valence-corrected chi connectivity index (χ0v) is 12.7. The minimum Gasteiger partial charge on any atom is -0.264 e. The molecule has 1 heterocycles. The molecule has 0 fully saturated rings. The molecule has 1 N–H and O–H groups in total. The molecule has 19 heavy (non-hydrogen) atoms. The molecule has 0 atom stereocenters. The van der Waals surface area contributed by atoms with Crippen molar-refractivity contribution in [1.82, 2.24) is 9.71 Å². The van der Waals surface area contributed by atoms with Gasteiger partial charge in [-0.1, -0.05) is 12.1 Å². The molecule has 0 saturated carbocycles. The van der Waals surface area contributed by atoms with E-state index in [1.165, 1.54) is 0 Å². The number of sulfonamides is 1. The summed E-state index contributed by atoms with van der Waals surface area (Å²) in [5, 5.41) is 0. The number of benzene rings is 1. The van der Waals surface area contributed by atoms with E-state index in [2.05, 4.69) is 25.6 Å². The minimum absolute atomic E-state index is 0.219. The topological polar surface area (TPSA) is 59.1 Å². The fourth-order valence-corrected chi connectivity index (χ4v) is 3.79. The number of nitrogens with zero attached hydrogens (tertiary/aromatic N) is 1. The number of pyridine rings is 1. The molecule has 0 saturated heterocycles. The smallest absolute Gasteiger partial charge is 0.241 e. The Bertz CT molecular complexity index is 672. The molecule has 0 bridgehead atoms. The van der Waals surface area contributed by atoms with Gasteiger partial charge in [0.1, 0.15) is 0 Å². The Kier molecular flexibility index (Phi) is 4.34. The van der Waals surface area contributed by atoms with Crippen LogP contribution < -0.4 is 4.72 Å². The molecular formula is C13H13BrN2O2S. The number of hydrogen-bond donors (Lipinski definition) is 1. The third-order valence-electron chi connectivity index (χ3n) is 2.57. The maximum Gasteiger partial charge on any atom is 0.241 e. The van der Waals surface area contributed by atoms with E-state index in [0.29, 0.717) is 4.47 Å². The van der Waals surface area contributed by atoms with Crippen molar-refractivity contribution in [3.8, 4) is 0 Å². The average Bonchev–Trinajstić information content (AvgIpc) is 2.37. The number of aromatic nitrogens is 1. The molecule has 1 aromatic heterocycles. The molecule has 0 unspecified atom stereocenters. The third-order valence-corrected chi connectivity index (χ3v) is 4.94. The molecule has 2 aromatic rings. The molecule has 4 nitrogen and oxygen atoms in total. The van der Waals surface area contributed by atoms with Crippen molar-refractivity contribution in [2.24, 2.45) is 0 Å². The first-order valence-corrected chi connectivity index (χ1v) is 7.91. The van der Waals surface area contributed by atoms with Gasteiger partial charge in [-0.15, -0.1) is 0 Å². The predicted molar refractivity (Wildman–Crippen MR) is 77.1 cm³/mol. The lowest BCUT2D eigenvalue weighted by molar-refractivity contribution is 0.580. The number of rotatable bonds is 4. The lowest BCUT2D eigenvalue weighted by Crippen LogP contribution is -2.23. The van der Waals surface area contributed by atoms with Crippen LogP contribution in [0.25, 0.3) is 0 Å². The quantitative estimate of drug-likeness (QED) is 0.930. The monoisotopic (exact) mass is 340 g/mol. The number of halogens is 1. The van der Waals surface area contributed by atoms with Gasteiger partial charge >= 0.3 is 0 Å². The first-order chi connectivity index (χ1) is 8.99. The summed E-state index contributed by atoms with van der Waals surface area (Å²) in [5.41, 5.74) is 1.81. The van der Waals surface area contributed by atoms with Crippen LogP contribution in [0, 0.1) is 6.92 Å². The highest BCUT2D eigenvalue weighted by atomic mass is 79.9. The van der Waals surface area contributed by atoms with Gasteiger partial charge in [0.2, 0.25) is 10.0 Å². The van der Waals surface area contributed by atoms with Crippen molar-refractivity contribution in [2.45, 2.75) is 18.4 Å². The molecule has 2 rings (SSSR count). The van der Waals surface area contributed by atoms with E-state index in [1.807, 2.05) is 13.0 Å². The van der Waals surface area contributed by atoms with Gasteiger partial charge in [0.25, 0.3) is 0 Å². The van der Waals surface area contributed by atoms with Gasteiger partial charge in [0.05, 0.1) is 4.90 Å². The summed E-state index contributed by atoms with van der Waals surface area (Å²) >= 11 is 3.28. The maximum atomic E-state index is 12.2. The van der Waals surface area contributed by atoms with Crippen LogP contribution in [0.15, 0.2) is 52.1 Å². The van der Waals surface area contributed by atoms with Crippen molar-refractivity contribution < 1.29 is 8.42 Å². The summed E-state index contributed by atoms with van der Waals surface area (Å²) in [6, 6.07) is 8.72. The van der Waals surface area contributed by atoms with Gasteiger partial charge in [0, 0.05) is 23.4 Å².